The summed E-state index contributed by atoms with van der Waals surface area (Å²) in [7, 11) is -4.12. The summed E-state index contributed by atoms with van der Waals surface area (Å²) >= 11 is 0. The first kappa shape index (κ1) is 15.7. The normalized spacial score (nSPS) is 14.4. The van der Waals surface area contributed by atoms with E-state index in [-0.39, 0.29) is 4.90 Å². The van der Waals surface area contributed by atoms with Gasteiger partial charge in [0.2, 0.25) is 10.0 Å². The Kier molecular flexibility index (Phi) is 4.43. The van der Waals surface area contributed by atoms with E-state index in [0.717, 1.165) is 0 Å². The van der Waals surface area contributed by atoms with E-state index >= 15 is 0 Å². The summed E-state index contributed by atoms with van der Waals surface area (Å²) in [6, 6.07) is 3.74. The van der Waals surface area contributed by atoms with Crippen LogP contribution in [0.15, 0.2) is 23.1 Å². The molecule has 1 aromatic carbocycles. The number of nitrogen functional groups attached to an aromatic ring is 1. The predicted molar refractivity (Wildman–Crippen MR) is 62.8 cm³/mol. The number of nitrogens with one attached hydrogen (secondary N) is 1. The summed E-state index contributed by atoms with van der Waals surface area (Å²) in [5, 5.41) is 8.72. The van der Waals surface area contributed by atoms with E-state index in [9.17, 15) is 21.6 Å². The largest absolute Gasteiger partial charge is 0.415 e. The highest BCUT2D eigenvalue weighted by atomic mass is 32.2. The van der Waals surface area contributed by atoms with Crippen LogP contribution in [0.1, 0.15) is 5.56 Å². The number of nitrogens with two attached hydrogens (primary N) is 1. The third kappa shape index (κ3) is 4.08. The number of aryl methyl sites for hydroxylation is 1. The molecule has 1 atom stereocenters. The Balaban J connectivity index is 2.85. The first-order valence-corrected chi connectivity index (χ1v) is 6.63. The van der Waals surface area contributed by atoms with Crippen LogP contribution in [-0.4, -0.2) is 32.3 Å². The number of rotatable bonds is 4. The standard InChI is InChI=1S/C10H13F3N2O3S/c1-6-4-7(2-3-8(6)14)19(17,18)15-5-9(16)10(11,12)13/h2-4,9,15-16H,5,14H2,1H3. The molecule has 0 saturated heterocycles. The van der Waals surface area contributed by atoms with Crippen molar-refractivity contribution in [2.75, 3.05) is 12.3 Å². The van der Waals surface area contributed by atoms with Crippen molar-refractivity contribution in [3.8, 4) is 0 Å². The van der Waals surface area contributed by atoms with Gasteiger partial charge in [0, 0.05) is 12.2 Å². The summed E-state index contributed by atoms with van der Waals surface area (Å²) in [6.45, 7) is 0.425. The second kappa shape index (κ2) is 5.35. The van der Waals surface area contributed by atoms with Crippen LogP contribution in [0.25, 0.3) is 0 Å². The molecular formula is C10H13F3N2O3S. The molecule has 4 N–H and O–H groups in total. The third-order valence-corrected chi connectivity index (χ3v) is 3.82. The number of hydrogen-bond donors (Lipinski definition) is 3. The third-order valence-electron chi connectivity index (χ3n) is 2.40. The highest BCUT2D eigenvalue weighted by Gasteiger charge is 2.38. The van der Waals surface area contributed by atoms with Crippen molar-refractivity contribution in [2.45, 2.75) is 24.1 Å². The molecule has 1 rings (SSSR count). The topological polar surface area (TPSA) is 92.4 Å². The average molecular weight is 298 g/mol. The van der Waals surface area contributed by atoms with E-state index < -0.39 is 28.8 Å². The van der Waals surface area contributed by atoms with Crippen LogP contribution in [0, 0.1) is 6.92 Å². The minimum atomic E-state index is -4.88. The first-order chi connectivity index (χ1) is 8.54. The molecule has 0 radical (unpaired) electrons. The fraction of sp³-hybridized carbons (Fsp3) is 0.400. The molecule has 5 nitrogen and oxygen atoms in total. The molecule has 0 spiro atoms. The maximum absolute atomic E-state index is 12.0. The lowest BCUT2D eigenvalue weighted by molar-refractivity contribution is -0.200. The lowest BCUT2D eigenvalue weighted by Gasteiger charge is -2.15. The first-order valence-electron chi connectivity index (χ1n) is 5.14. The molecule has 0 aliphatic carbocycles. The van der Waals surface area contributed by atoms with Gasteiger partial charge in [-0.05, 0) is 30.7 Å². The van der Waals surface area contributed by atoms with E-state index in [1.807, 2.05) is 0 Å². The molecule has 0 aliphatic rings. The van der Waals surface area contributed by atoms with Gasteiger partial charge in [-0.2, -0.15) is 13.2 Å². The van der Waals surface area contributed by atoms with Crippen molar-refractivity contribution in [3.63, 3.8) is 0 Å². The van der Waals surface area contributed by atoms with E-state index in [4.69, 9.17) is 10.8 Å². The van der Waals surface area contributed by atoms with Crippen LogP contribution >= 0.6 is 0 Å². The number of alkyl halides is 3. The second-order valence-electron chi connectivity index (χ2n) is 3.93. The van der Waals surface area contributed by atoms with Gasteiger partial charge in [0.25, 0.3) is 0 Å². The van der Waals surface area contributed by atoms with Crippen molar-refractivity contribution in [1.82, 2.24) is 4.72 Å². The summed E-state index contributed by atoms with van der Waals surface area (Å²) in [5.41, 5.74) is 6.36. The van der Waals surface area contributed by atoms with Gasteiger partial charge >= 0.3 is 6.18 Å². The number of aliphatic hydroxyl groups is 1. The fourth-order valence-corrected chi connectivity index (χ4v) is 2.33. The Hall–Kier alpha value is -1.32. The molecule has 0 amide bonds. The fourth-order valence-electron chi connectivity index (χ4n) is 1.20. The predicted octanol–water partition coefficient (Wildman–Crippen LogP) is 0.779. The van der Waals surface area contributed by atoms with Gasteiger partial charge in [0.15, 0.2) is 6.10 Å². The van der Waals surface area contributed by atoms with Crippen molar-refractivity contribution >= 4 is 15.7 Å². The maximum Gasteiger partial charge on any atom is 0.415 e. The smallest absolute Gasteiger partial charge is 0.399 e. The molecule has 0 heterocycles. The van der Waals surface area contributed by atoms with Crippen molar-refractivity contribution in [2.24, 2.45) is 0 Å². The lowest BCUT2D eigenvalue weighted by Crippen LogP contribution is -2.40. The summed E-state index contributed by atoms with van der Waals surface area (Å²) in [5.74, 6) is 0. The second-order valence-corrected chi connectivity index (χ2v) is 5.69. The lowest BCUT2D eigenvalue weighted by atomic mass is 10.2. The van der Waals surface area contributed by atoms with E-state index in [0.29, 0.717) is 11.3 Å². The van der Waals surface area contributed by atoms with Crippen LogP contribution in [-0.2, 0) is 10.0 Å². The van der Waals surface area contributed by atoms with E-state index in [1.54, 1.807) is 11.6 Å². The van der Waals surface area contributed by atoms with Crippen LogP contribution < -0.4 is 10.5 Å². The maximum atomic E-state index is 12.0. The van der Waals surface area contributed by atoms with Crippen LogP contribution in [0.5, 0.6) is 0 Å². The molecule has 19 heavy (non-hydrogen) atoms. The Morgan fingerprint density at radius 1 is 1.42 bits per heavy atom. The molecule has 0 fully saturated rings. The number of anilines is 1. The molecule has 1 unspecified atom stereocenters. The number of sulfonamides is 1. The Morgan fingerprint density at radius 2 is 2.00 bits per heavy atom. The summed E-state index contributed by atoms with van der Waals surface area (Å²) in [4.78, 5) is -0.214. The zero-order valence-electron chi connectivity index (χ0n) is 9.90. The van der Waals surface area contributed by atoms with Gasteiger partial charge in [-0.15, -0.1) is 0 Å². The quantitative estimate of drug-likeness (QED) is 0.716. The molecule has 1 aromatic rings. The van der Waals surface area contributed by atoms with Crippen molar-refractivity contribution in [1.29, 1.82) is 0 Å². The molecule has 0 aromatic heterocycles. The molecule has 9 heteroatoms. The number of benzene rings is 1. The van der Waals surface area contributed by atoms with Crippen LogP contribution in [0.4, 0.5) is 18.9 Å². The molecule has 108 valence electrons. The van der Waals surface area contributed by atoms with Gasteiger partial charge < -0.3 is 10.8 Å². The van der Waals surface area contributed by atoms with Crippen LogP contribution in [0.2, 0.25) is 0 Å². The molecule has 0 aliphatic heterocycles. The average Bonchev–Trinajstić information content (AvgIpc) is 2.28. The van der Waals surface area contributed by atoms with Gasteiger partial charge in [0.1, 0.15) is 0 Å². The zero-order chi connectivity index (χ0) is 14.8. The van der Waals surface area contributed by atoms with E-state index in [2.05, 4.69) is 0 Å². The molecule has 0 bridgehead atoms. The number of hydrogen-bond acceptors (Lipinski definition) is 4. The van der Waals surface area contributed by atoms with Gasteiger partial charge in [-0.25, -0.2) is 13.1 Å². The van der Waals surface area contributed by atoms with Gasteiger partial charge in [0.05, 0.1) is 4.90 Å². The summed E-state index contributed by atoms with van der Waals surface area (Å²) in [6.07, 6.45) is -7.63. The van der Waals surface area contributed by atoms with Crippen molar-refractivity contribution < 1.29 is 26.7 Å². The van der Waals surface area contributed by atoms with E-state index in [1.165, 1.54) is 18.2 Å². The minimum Gasteiger partial charge on any atom is -0.399 e. The number of aliphatic hydroxyl groups excluding tert-OH is 1. The molecule has 0 saturated carbocycles. The minimum absolute atomic E-state index is 0.214. The Morgan fingerprint density at radius 3 is 2.47 bits per heavy atom. The van der Waals surface area contributed by atoms with Gasteiger partial charge in [-0.1, -0.05) is 0 Å². The SMILES string of the molecule is Cc1cc(S(=O)(=O)NCC(O)C(F)(F)F)ccc1N. The highest BCUT2D eigenvalue weighted by molar-refractivity contribution is 7.89. The highest BCUT2D eigenvalue weighted by Crippen LogP contribution is 2.20. The van der Waals surface area contributed by atoms with Crippen molar-refractivity contribution in [3.05, 3.63) is 23.8 Å². The Labute approximate surface area is 108 Å². The summed E-state index contributed by atoms with van der Waals surface area (Å²) < 4.78 is 61.2. The van der Waals surface area contributed by atoms with Crippen LogP contribution in [0.3, 0.4) is 0 Å². The molecular weight excluding hydrogens is 285 g/mol. The number of halogens is 3. The Bertz CT molecular complexity index is 558. The monoisotopic (exact) mass is 298 g/mol. The van der Waals surface area contributed by atoms with Gasteiger partial charge in [-0.3, -0.25) is 0 Å². The zero-order valence-corrected chi connectivity index (χ0v) is 10.7.